The summed E-state index contributed by atoms with van der Waals surface area (Å²) in [6.45, 7) is 0.664. The molecule has 3 aromatic carbocycles. The second-order valence-electron chi connectivity index (χ2n) is 6.20. The molecule has 0 aromatic heterocycles. The fourth-order valence-corrected chi connectivity index (χ4v) is 2.55. The number of amides is 2. The van der Waals surface area contributed by atoms with E-state index in [-0.39, 0.29) is 11.8 Å². The van der Waals surface area contributed by atoms with Crippen LogP contribution in [-0.4, -0.2) is 11.8 Å². The Hall–Kier alpha value is -3.54. The smallest absolute Gasteiger partial charge is 0.251 e. The third-order valence-corrected chi connectivity index (χ3v) is 4.14. The van der Waals surface area contributed by atoms with Crippen molar-refractivity contribution < 1.29 is 18.4 Å². The van der Waals surface area contributed by atoms with Gasteiger partial charge in [-0.15, -0.1) is 0 Å². The predicted octanol–water partition coefficient (Wildman–Crippen LogP) is 3.82. The molecule has 0 saturated heterocycles. The van der Waals surface area contributed by atoms with E-state index in [1.165, 1.54) is 48.5 Å². The highest BCUT2D eigenvalue weighted by Gasteiger charge is 2.07. The molecular formula is C22H18F2N2O2. The van der Waals surface area contributed by atoms with E-state index in [4.69, 9.17) is 0 Å². The lowest BCUT2D eigenvalue weighted by molar-refractivity contribution is 0.0942. The van der Waals surface area contributed by atoms with E-state index in [0.717, 1.165) is 11.1 Å². The third-order valence-electron chi connectivity index (χ3n) is 4.14. The van der Waals surface area contributed by atoms with Crippen molar-refractivity contribution in [2.24, 2.45) is 0 Å². The van der Waals surface area contributed by atoms with Gasteiger partial charge < -0.3 is 10.6 Å². The van der Waals surface area contributed by atoms with Gasteiger partial charge in [-0.3, -0.25) is 9.59 Å². The molecular weight excluding hydrogens is 362 g/mol. The topological polar surface area (TPSA) is 58.2 Å². The molecule has 0 unspecified atom stereocenters. The molecule has 0 atom stereocenters. The van der Waals surface area contributed by atoms with Gasteiger partial charge in [-0.2, -0.15) is 0 Å². The molecule has 3 rings (SSSR count). The van der Waals surface area contributed by atoms with Crippen molar-refractivity contribution in [1.82, 2.24) is 10.6 Å². The molecule has 6 heteroatoms. The fraction of sp³-hybridized carbons (Fsp3) is 0.0909. The summed E-state index contributed by atoms with van der Waals surface area (Å²) in [6, 6.07) is 18.1. The highest BCUT2D eigenvalue weighted by Crippen LogP contribution is 2.07. The van der Waals surface area contributed by atoms with E-state index in [1.807, 2.05) is 24.3 Å². The molecule has 2 N–H and O–H groups in total. The third kappa shape index (κ3) is 5.23. The van der Waals surface area contributed by atoms with Gasteiger partial charge in [-0.05, 0) is 59.7 Å². The van der Waals surface area contributed by atoms with Crippen LogP contribution in [0.4, 0.5) is 8.78 Å². The van der Waals surface area contributed by atoms with Gasteiger partial charge in [0.15, 0.2) is 0 Å². The zero-order valence-corrected chi connectivity index (χ0v) is 14.9. The first kappa shape index (κ1) is 19.2. The summed E-state index contributed by atoms with van der Waals surface area (Å²) in [4.78, 5) is 24.0. The molecule has 0 heterocycles. The molecule has 3 aromatic rings. The summed E-state index contributed by atoms with van der Waals surface area (Å²) in [5.41, 5.74) is 2.57. The molecule has 0 bridgehead atoms. The molecule has 0 aliphatic rings. The molecule has 0 saturated carbocycles. The summed E-state index contributed by atoms with van der Waals surface area (Å²) < 4.78 is 25.8. The Morgan fingerprint density at radius 3 is 1.21 bits per heavy atom. The lowest BCUT2D eigenvalue weighted by Crippen LogP contribution is -2.23. The van der Waals surface area contributed by atoms with Crippen LogP contribution < -0.4 is 10.6 Å². The average Bonchev–Trinajstić information content (AvgIpc) is 2.72. The van der Waals surface area contributed by atoms with Crippen molar-refractivity contribution in [2.75, 3.05) is 0 Å². The van der Waals surface area contributed by atoms with Gasteiger partial charge in [0.25, 0.3) is 11.8 Å². The van der Waals surface area contributed by atoms with Crippen LogP contribution in [0.15, 0.2) is 72.8 Å². The molecule has 142 valence electrons. The molecule has 0 radical (unpaired) electrons. The van der Waals surface area contributed by atoms with Crippen molar-refractivity contribution in [3.63, 3.8) is 0 Å². The minimum absolute atomic E-state index is 0.282. The number of nitrogens with one attached hydrogen (secondary N) is 2. The Morgan fingerprint density at radius 1 is 0.571 bits per heavy atom. The summed E-state index contributed by atoms with van der Waals surface area (Å²) >= 11 is 0. The molecule has 4 nitrogen and oxygen atoms in total. The SMILES string of the molecule is O=C(NCc1ccc(CNC(=O)c2ccc(F)cc2)cc1)c1ccc(F)cc1. The first-order chi connectivity index (χ1) is 13.5. The van der Waals surface area contributed by atoms with Crippen molar-refractivity contribution in [3.05, 3.63) is 107 Å². The minimum atomic E-state index is -0.390. The maximum Gasteiger partial charge on any atom is 0.251 e. The van der Waals surface area contributed by atoms with Crippen LogP contribution in [0.1, 0.15) is 31.8 Å². The van der Waals surface area contributed by atoms with Gasteiger partial charge in [0.05, 0.1) is 0 Å². The fourth-order valence-electron chi connectivity index (χ4n) is 2.55. The van der Waals surface area contributed by atoms with Gasteiger partial charge in [-0.25, -0.2) is 8.78 Å². The molecule has 0 aliphatic heterocycles. The Labute approximate surface area is 161 Å². The van der Waals surface area contributed by atoms with Crippen molar-refractivity contribution >= 4 is 11.8 Å². The van der Waals surface area contributed by atoms with E-state index >= 15 is 0 Å². The highest BCUT2D eigenvalue weighted by molar-refractivity contribution is 5.94. The summed E-state index contributed by atoms with van der Waals surface area (Å²) in [5.74, 6) is -1.34. The van der Waals surface area contributed by atoms with Crippen molar-refractivity contribution in [3.8, 4) is 0 Å². The van der Waals surface area contributed by atoms with Crippen LogP contribution in [0.3, 0.4) is 0 Å². The van der Waals surface area contributed by atoms with E-state index < -0.39 is 11.6 Å². The van der Waals surface area contributed by atoms with Crippen LogP contribution in [0.5, 0.6) is 0 Å². The molecule has 0 spiro atoms. The molecule has 28 heavy (non-hydrogen) atoms. The lowest BCUT2D eigenvalue weighted by Gasteiger charge is -2.08. The number of rotatable bonds is 6. The van der Waals surface area contributed by atoms with Crippen LogP contribution in [0.2, 0.25) is 0 Å². The monoisotopic (exact) mass is 380 g/mol. The molecule has 2 amide bonds. The lowest BCUT2D eigenvalue weighted by atomic mass is 10.1. The number of halogens is 2. The summed E-state index contributed by atoms with van der Waals surface area (Å²) in [5, 5.41) is 5.54. The second-order valence-corrected chi connectivity index (χ2v) is 6.20. The summed E-state index contributed by atoms with van der Waals surface area (Å²) in [7, 11) is 0. The summed E-state index contributed by atoms with van der Waals surface area (Å²) in [6.07, 6.45) is 0. The Morgan fingerprint density at radius 2 is 0.893 bits per heavy atom. The van der Waals surface area contributed by atoms with Gasteiger partial charge in [0.2, 0.25) is 0 Å². The van der Waals surface area contributed by atoms with Crippen LogP contribution in [-0.2, 0) is 13.1 Å². The van der Waals surface area contributed by atoms with Crippen molar-refractivity contribution in [1.29, 1.82) is 0 Å². The highest BCUT2D eigenvalue weighted by atomic mass is 19.1. The standard InChI is InChI=1S/C22H18F2N2O2/c23-19-9-5-17(6-10-19)21(27)25-13-15-1-2-16(4-3-15)14-26-22(28)18-7-11-20(24)12-8-18/h1-12H,13-14H2,(H,25,27)(H,26,28). The normalized spacial score (nSPS) is 10.4. The largest absolute Gasteiger partial charge is 0.348 e. The van der Waals surface area contributed by atoms with Crippen molar-refractivity contribution in [2.45, 2.75) is 13.1 Å². The number of benzene rings is 3. The Bertz CT molecular complexity index is 873. The van der Waals surface area contributed by atoms with Gasteiger partial charge in [0.1, 0.15) is 11.6 Å². The molecule has 0 aliphatic carbocycles. The Balaban J connectivity index is 1.49. The van der Waals surface area contributed by atoms with Gasteiger partial charge >= 0.3 is 0 Å². The second kappa shape index (κ2) is 8.90. The van der Waals surface area contributed by atoms with Crippen LogP contribution in [0.25, 0.3) is 0 Å². The zero-order chi connectivity index (χ0) is 19.9. The quantitative estimate of drug-likeness (QED) is 0.683. The predicted molar refractivity (Wildman–Crippen MR) is 102 cm³/mol. The van der Waals surface area contributed by atoms with Crippen LogP contribution >= 0.6 is 0 Å². The number of hydrogen-bond donors (Lipinski definition) is 2. The number of carbonyl (C=O) groups excluding carboxylic acids is 2. The number of carbonyl (C=O) groups is 2. The maximum atomic E-state index is 12.9. The van der Waals surface area contributed by atoms with E-state index in [1.54, 1.807) is 0 Å². The van der Waals surface area contributed by atoms with Gasteiger partial charge in [-0.1, -0.05) is 24.3 Å². The van der Waals surface area contributed by atoms with Gasteiger partial charge in [0, 0.05) is 24.2 Å². The maximum absolute atomic E-state index is 12.9. The van der Waals surface area contributed by atoms with E-state index in [0.29, 0.717) is 24.2 Å². The zero-order valence-electron chi connectivity index (χ0n) is 14.9. The molecule has 0 fully saturated rings. The van der Waals surface area contributed by atoms with E-state index in [2.05, 4.69) is 10.6 Å². The first-order valence-electron chi connectivity index (χ1n) is 8.66. The van der Waals surface area contributed by atoms with E-state index in [9.17, 15) is 18.4 Å². The Kier molecular flexibility index (Phi) is 6.11. The number of hydrogen-bond acceptors (Lipinski definition) is 2. The first-order valence-corrected chi connectivity index (χ1v) is 8.66. The minimum Gasteiger partial charge on any atom is -0.348 e. The average molecular weight is 380 g/mol. The van der Waals surface area contributed by atoms with Crippen LogP contribution in [0, 0.1) is 11.6 Å².